The van der Waals surface area contributed by atoms with Crippen LogP contribution in [0.3, 0.4) is 0 Å². The summed E-state index contributed by atoms with van der Waals surface area (Å²) >= 11 is 0. The predicted octanol–water partition coefficient (Wildman–Crippen LogP) is 1.81. The van der Waals surface area contributed by atoms with Gasteiger partial charge in [0.1, 0.15) is 0 Å². The minimum atomic E-state index is -0.127. The zero-order valence-corrected chi connectivity index (χ0v) is 8.03. The van der Waals surface area contributed by atoms with Crippen molar-refractivity contribution >= 4 is 5.91 Å². The van der Waals surface area contributed by atoms with Crippen LogP contribution >= 0.6 is 0 Å². The van der Waals surface area contributed by atoms with E-state index in [1.807, 2.05) is 50.3 Å². The lowest BCUT2D eigenvalue weighted by atomic mass is 10.1. The molecule has 0 unspecified atom stereocenters. The van der Waals surface area contributed by atoms with Gasteiger partial charge in [-0.1, -0.05) is 36.5 Å². The highest BCUT2D eigenvalue weighted by Crippen LogP contribution is 2.05. The Hall–Kier alpha value is -1.31. The van der Waals surface area contributed by atoms with E-state index in [1.165, 1.54) is 0 Å². The van der Waals surface area contributed by atoms with Crippen molar-refractivity contribution < 1.29 is 4.79 Å². The topological polar surface area (TPSA) is 29.1 Å². The first-order valence-corrected chi connectivity index (χ1v) is 4.52. The summed E-state index contributed by atoms with van der Waals surface area (Å²) in [5.41, 5.74) is 0. The molecule has 0 heterocycles. The van der Waals surface area contributed by atoms with Crippen LogP contribution in [0.25, 0.3) is 0 Å². The van der Waals surface area contributed by atoms with E-state index < -0.39 is 0 Å². The van der Waals surface area contributed by atoms with Crippen LogP contribution in [0.5, 0.6) is 0 Å². The largest absolute Gasteiger partial charge is 0.353 e. The Balaban J connectivity index is 2.56. The van der Waals surface area contributed by atoms with Crippen molar-refractivity contribution in [2.45, 2.75) is 19.9 Å². The van der Waals surface area contributed by atoms with E-state index in [4.69, 9.17) is 0 Å². The second-order valence-electron chi connectivity index (χ2n) is 3.34. The Kier molecular flexibility index (Phi) is 3.50. The number of nitrogens with one attached hydrogen (secondary N) is 1. The molecule has 70 valence electrons. The fraction of sp³-hybridized carbons (Fsp3) is 0.364. The van der Waals surface area contributed by atoms with Crippen LogP contribution < -0.4 is 5.32 Å². The van der Waals surface area contributed by atoms with Crippen molar-refractivity contribution in [3.8, 4) is 0 Å². The Bertz CT molecular complexity index is 245. The maximum Gasteiger partial charge on any atom is 0.230 e. The Morgan fingerprint density at radius 1 is 1.15 bits per heavy atom. The minimum Gasteiger partial charge on any atom is -0.353 e. The van der Waals surface area contributed by atoms with E-state index in [0.29, 0.717) is 0 Å². The van der Waals surface area contributed by atoms with E-state index in [1.54, 1.807) is 0 Å². The first-order chi connectivity index (χ1) is 6.20. The Morgan fingerprint density at radius 3 is 2.15 bits per heavy atom. The molecule has 1 N–H and O–H groups in total. The molecule has 0 spiro atoms. The van der Waals surface area contributed by atoms with Crippen molar-refractivity contribution in [3.05, 3.63) is 36.5 Å². The zero-order chi connectivity index (χ0) is 9.68. The summed E-state index contributed by atoms with van der Waals surface area (Å²) in [6.07, 6.45) is 11.4. The predicted molar refractivity (Wildman–Crippen MR) is 54.2 cm³/mol. The molecular weight excluding hydrogens is 162 g/mol. The molecule has 1 aliphatic rings. The quantitative estimate of drug-likeness (QED) is 0.684. The van der Waals surface area contributed by atoms with Crippen LogP contribution in [0.2, 0.25) is 0 Å². The van der Waals surface area contributed by atoms with Crippen molar-refractivity contribution in [2.24, 2.45) is 5.92 Å². The van der Waals surface area contributed by atoms with Gasteiger partial charge in [-0.15, -0.1) is 0 Å². The second kappa shape index (κ2) is 4.65. The first kappa shape index (κ1) is 9.78. The molecule has 0 aromatic heterocycles. The lowest BCUT2D eigenvalue weighted by Crippen LogP contribution is -2.34. The van der Waals surface area contributed by atoms with Gasteiger partial charge in [0.05, 0.1) is 5.92 Å². The number of amides is 1. The third-order valence-electron chi connectivity index (χ3n) is 1.70. The van der Waals surface area contributed by atoms with Gasteiger partial charge in [0.25, 0.3) is 0 Å². The van der Waals surface area contributed by atoms with Gasteiger partial charge in [0.15, 0.2) is 0 Å². The average Bonchev–Trinajstić information content (AvgIpc) is 2.29. The summed E-state index contributed by atoms with van der Waals surface area (Å²) < 4.78 is 0. The van der Waals surface area contributed by atoms with Crippen LogP contribution in [0.1, 0.15) is 13.8 Å². The van der Waals surface area contributed by atoms with Crippen molar-refractivity contribution in [1.82, 2.24) is 5.32 Å². The number of hydrogen-bond donors (Lipinski definition) is 1. The molecule has 0 saturated heterocycles. The third kappa shape index (κ3) is 3.28. The summed E-state index contributed by atoms with van der Waals surface area (Å²) in [5, 5.41) is 2.87. The molecule has 0 bridgehead atoms. The highest BCUT2D eigenvalue weighted by atomic mass is 16.1. The molecule has 0 atom stereocenters. The van der Waals surface area contributed by atoms with Gasteiger partial charge in [-0.2, -0.15) is 0 Å². The van der Waals surface area contributed by atoms with Gasteiger partial charge >= 0.3 is 0 Å². The summed E-state index contributed by atoms with van der Waals surface area (Å²) in [5.74, 6) is -0.0661. The number of hydrogen-bond acceptors (Lipinski definition) is 1. The number of allylic oxidation sites excluding steroid dienone is 4. The van der Waals surface area contributed by atoms with E-state index in [-0.39, 0.29) is 17.9 Å². The lowest BCUT2D eigenvalue weighted by molar-refractivity contribution is -0.122. The highest BCUT2D eigenvalue weighted by molar-refractivity contribution is 5.82. The van der Waals surface area contributed by atoms with Gasteiger partial charge in [-0.05, 0) is 13.8 Å². The lowest BCUT2D eigenvalue weighted by Gasteiger charge is -2.11. The summed E-state index contributed by atoms with van der Waals surface area (Å²) in [6.45, 7) is 3.92. The van der Waals surface area contributed by atoms with E-state index in [2.05, 4.69) is 5.32 Å². The van der Waals surface area contributed by atoms with Crippen molar-refractivity contribution in [2.75, 3.05) is 0 Å². The minimum absolute atomic E-state index is 0.0613. The third-order valence-corrected chi connectivity index (χ3v) is 1.70. The molecule has 2 nitrogen and oxygen atoms in total. The van der Waals surface area contributed by atoms with Gasteiger partial charge in [0.2, 0.25) is 5.91 Å². The second-order valence-corrected chi connectivity index (χ2v) is 3.34. The summed E-state index contributed by atoms with van der Waals surface area (Å²) in [7, 11) is 0. The first-order valence-electron chi connectivity index (χ1n) is 4.52. The normalized spacial score (nSPS) is 16.2. The molecule has 0 aliphatic heterocycles. The molecule has 1 amide bonds. The van der Waals surface area contributed by atoms with Gasteiger partial charge in [-0.3, -0.25) is 4.79 Å². The Labute approximate surface area is 79.0 Å². The zero-order valence-electron chi connectivity index (χ0n) is 8.03. The molecular formula is C11H15NO. The molecule has 0 fully saturated rings. The SMILES string of the molecule is CC(C)NC(=O)C1C=CC=CC=C1. The standard InChI is InChI=1S/C11H15NO/c1-9(2)12-11(13)10-7-5-3-4-6-8-10/h3-10H,1-2H3,(H,12,13). The molecule has 0 aromatic carbocycles. The van der Waals surface area contributed by atoms with Crippen LogP contribution in [0.15, 0.2) is 36.5 Å². The van der Waals surface area contributed by atoms with Gasteiger partial charge < -0.3 is 5.32 Å². The average molecular weight is 177 g/mol. The van der Waals surface area contributed by atoms with Crippen LogP contribution in [-0.4, -0.2) is 11.9 Å². The van der Waals surface area contributed by atoms with Crippen LogP contribution in [-0.2, 0) is 4.79 Å². The summed E-state index contributed by atoms with van der Waals surface area (Å²) in [4.78, 5) is 11.5. The van der Waals surface area contributed by atoms with Crippen LogP contribution in [0, 0.1) is 5.92 Å². The highest BCUT2D eigenvalue weighted by Gasteiger charge is 2.12. The molecule has 0 saturated carbocycles. The maximum absolute atomic E-state index is 11.5. The number of rotatable bonds is 2. The van der Waals surface area contributed by atoms with Crippen LogP contribution in [0.4, 0.5) is 0 Å². The molecule has 1 rings (SSSR count). The molecule has 0 aromatic rings. The smallest absolute Gasteiger partial charge is 0.230 e. The fourth-order valence-electron chi connectivity index (χ4n) is 1.12. The summed E-state index contributed by atoms with van der Waals surface area (Å²) in [6, 6.07) is 0.200. The number of carbonyl (C=O) groups excluding carboxylic acids is 1. The Morgan fingerprint density at radius 2 is 1.69 bits per heavy atom. The molecule has 1 aliphatic carbocycles. The molecule has 0 radical (unpaired) electrons. The number of carbonyl (C=O) groups is 1. The van der Waals surface area contributed by atoms with E-state index in [0.717, 1.165) is 0 Å². The van der Waals surface area contributed by atoms with E-state index in [9.17, 15) is 4.79 Å². The fourth-order valence-corrected chi connectivity index (χ4v) is 1.12. The van der Waals surface area contributed by atoms with E-state index >= 15 is 0 Å². The molecule has 13 heavy (non-hydrogen) atoms. The van der Waals surface area contributed by atoms with Crippen molar-refractivity contribution in [1.29, 1.82) is 0 Å². The monoisotopic (exact) mass is 177 g/mol. The van der Waals surface area contributed by atoms with Gasteiger partial charge in [0, 0.05) is 6.04 Å². The maximum atomic E-state index is 11.5. The molecule has 2 heteroatoms. The van der Waals surface area contributed by atoms with Crippen molar-refractivity contribution in [3.63, 3.8) is 0 Å². The van der Waals surface area contributed by atoms with Gasteiger partial charge in [-0.25, -0.2) is 0 Å².